The number of rotatable bonds is 2. The van der Waals surface area contributed by atoms with Crippen LogP contribution in [0.4, 0.5) is 52.7 Å². The molecule has 0 spiro atoms. The second-order valence-electron chi connectivity index (χ2n) is 5.59. The van der Waals surface area contributed by atoms with E-state index < -0.39 is 92.1 Å². The Hall–Kier alpha value is -3.18. The molecule has 0 amide bonds. The lowest BCUT2D eigenvalue weighted by Gasteiger charge is -2.16. The van der Waals surface area contributed by atoms with E-state index in [1.807, 2.05) is 0 Å². The van der Waals surface area contributed by atoms with Crippen molar-refractivity contribution in [1.29, 1.82) is 0 Å². The second kappa shape index (κ2) is 7.26. The molecule has 0 bridgehead atoms. The molecule has 0 heterocycles. The normalized spacial score (nSPS) is 11.3. The minimum atomic E-state index is -2.73. The number of hydrogen-bond donors (Lipinski definition) is 0. The topological polar surface area (TPSA) is 0 Å². The third-order valence-electron chi connectivity index (χ3n) is 3.95. The molecule has 1 radical (unpaired) electrons. The van der Waals surface area contributed by atoms with Crippen LogP contribution in [-0.4, -0.2) is 0 Å². The van der Waals surface area contributed by atoms with Crippen LogP contribution >= 0.6 is 0 Å². The largest absolute Gasteiger partial charge is 0.206 e. The van der Waals surface area contributed by atoms with E-state index >= 15 is 0 Å². The Balaban J connectivity index is 2.59. The van der Waals surface area contributed by atoms with E-state index in [0.717, 1.165) is 0 Å². The molecular formula is C18HF12. The van der Waals surface area contributed by atoms with Crippen LogP contribution in [0.15, 0.2) is 6.07 Å². The number of halogens is 12. The summed E-state index contributed by atoms with van der Waals surface area (Å²) in [5.41, 5.74) is -8.40. The molecule has 30 heavy (non-hydrogen) atoms. The first kappa shape index (κ1) is 21.5. The molecule has 0 fully saturated rings. The first-order chi connectivity index (χ1) is 13.9. The molecule has 3 aromatic carbocycles. The monoisotopic (exact) mass is 445 g/mol. The molecule has 12 heteroatoms. The van der Waals surface area contributed by atoms with E-state index in [4.69, 9.17) is 0 Å². The molecule has 3 aromatic rings. The van der Waals surface area contributed by atoms with Gasteiger partial charge in [0.2, 0.25) is 11.6 Å². The van der Waals surface area contributed by atoms with Gasteiger partial charge in [0.25, 0.3) is 0 Å². The van der Waals surface area contributed by atoms with Crippen LogP contribution in [0.25, 0.3) is 22.3 Å². The fourth-order valence-corrected chi connectivity index (χ4v) is 2.63. The third-order valence-corrected chi connectivity index (χ3v) is 3.95. The van der Waals surface area contributed by atoms with Crippen molar-refractivity contribution < 1.29 is 52.7 Å². The van der Waals surface area contributed by atoms with Gasteiger partial charge in [-0.2, -0.15) is 0 Å². The summed E-state index contributed by atoms with van der Waals surface area (Å²) in [7, 11) is 0. The van der Waals surface area contributed by atoms with Crippen LogP contribution in [0.3, 0.4) is 0 Å². The van der Waals surface area contributed by atoms with Gasteiger partial charge in [0.1, 0.15) is 11.6 Å². The maximum atomic E-state index is 14.3. The smallest absolute Gasteiger partial charge is 0.200 e. The fraction of sp³-hybridized carbons (Fsp3) is 0. The maximum absolute atomic E-state index is 14.3. The highest BCUT2D eigenvalue weighted by Gasteiger charge is 2.35. The highest BCUT2D eigenvalue weighted by molar-refractivity contribution is 5.85. The summed E-state index contributed by atoms with van der Waals surface area (Å²) in [6.45, 7) is 0. The quantitative estimate of drug-likeness (QED) is 0.240. The van der Waals surface area contributed by atoms with E-state index in [0.29, 0.717) is 0 Å². The molecule has 0 N–H and O–H groups in total. The van der Waals surface area contributed by atoms with Crippen LogP contribution in [-0.2, 0) is 0 Å². The fourth-order valence-electron chi connectivity index (χ4n) is 2.63. The molecule has 0 saturated heterocycles. The van der Waals surface area contributed by atoms with Gasteiger partial charge in [-0.1, -0.05) is 0 Å². The standard InChI is InChI=1S/C18HF12/c19-3-1-2-4(20)6(8-11(23)15(27)18(30)16(28)12(8)24)5(3)7-9(21)13(25)17(29)14(26)10(7)22/h1H. The van der Waals surface area contributed by atoms with Crippen molar-refractivity contribution in [3.8, 4) is 22.3 Å². The predicted octanol–water partition coefficient (Wildman–Crippen LogP) is 6.49. The predicted molar refractivity (Wildman–Crippen MR) is 75.6 cm³/mol. The highest BCUT2D eigenvalue weighted by atomic mass is 19.2. The van der Waals surface area contributed by atoms with Gasteiger partial charge in [-0.3, -0.25) is 0 Å². The Bertz CT molecular complexity index is 1060. The molecule has 0 aliphatic rings. The molecule has 0 atom stereocenters. The van der Waals surface area contributed by atoms with Crippen molar-refractivity contribution in [3.63, 3.8) is 0 Å². The minimum absolute atomic E-state index is 0.0434. The summed E-state index contributed by atoms with van der Waals surface area (Å²) in [5.74, 6) is -31.1. The summed E-state index contributed by atoms with van der Waals surface area (Å²) < 4.78 is 165. The maximum Gasteiger partial charge on any atom is 0.200 e. The van der Waals surface area contributed by atoms with Crippen molar-refractivity contribution in [3.05, 3.63) is 81.9 Å². The van der Waals surface area contributed by atoms with E-state index in [-0.39, 0.29) is 6.07 Å². The van der Waals surface area contributed by atoms with Gasteiger partial charge >= 0.3 is 0 Å². The zero-order valence-electron chi connectivity index (χ0n) is 13.6. The third kappa shape index (κ3) is 2.89. The van der Waals surface area contributed by atoms with Gasteiger partial charge in [0, 0.05) is 17.2 Å². The van der Waals surface area contributed by atoms with Gasteiger partial charge in [0.15, 0.2) is 46.5 Å². The Kier molecular flexibility index (Phi) is 5.21. The van der Waals surface area contributed by atoms with Crippen LogP contribution in [0.5, 0.6) is 0 Å². The Labute approximate surface area is 158 Å². The van der Waals surface area contributed by atoms with Crippen LogP contribution in [0.2, 0.25) is 0 Å². The number of benzene rings is 3. The first-order valence-electron chi connectivity index (χ1n) is 7.35. The van der Waals surface area contributed by atoms with E-state index in [1.54, 1.807) is 0 Å². The summed E-state index contributed by atoms with van der Waals surface area (Å²) in [5, 5.41) is 0. The minimum Gasteiger partial charge on any atom is -0.206 e. The van der Waals surface area contributed by atoms with Gasteiger partial charge in [0.05, 0.1) is 11.1 Å². The molecule has 0 aliphatic carbocycles. The Morgan fingerprint density at radius 1 is 0.367 bits per heavy atom. The zero-order valence-corrected chi connectivity index (χ0v) is 13.6. The highest BCUT2D eigenvalue weighted by Crippen LogP contribution is 2.43. The van der Waals surface area contributed by atoms with Crippen molar-refractivity contribution in [1.82, 2.24) is 0 Å². The number of hydrogen-bond acceptors (Lipinski definition) is 0. The van der Waals surface area contributed by atoms with E-state index in [9.17, 15) is 52.7 Å². The summed E-state index contributed by atoms with van der Waals surface area (Å²) in [4.78, 5) is 0. The van der Waals surface area contributed by atoms with Gasteiger partial charge in [-0.25, -0.2) is 52.7 Å². The second-order valence-corrected chi connectivity index (χ2v) is 5.59. The Morgan fingerprint density at radius 3 is 1.03 bits per heavy atom. The molecule has 0 unspecified atom stereocenters. The average molecular weight is 445 g/mol. The van der Waals surface area contributed by atoms with Crippen molar-refractivity contribution in [2.45, 2.75) is 0 Å². The molecule has 0 saturated carbocycles. The molecular weight excluding hydrogens is 444 g/mol. The Morgan fingerprint density at radius 2 is 0.667 bits per heavy atom. The summed E-state index contributed by atoms with van der Waals surface area (Å²) >= 11 is 0. The SMILES string of the molecule is Fc1[c]cc(F)c(-c2c(F)c(F)c(F)c(F)c2F)c1-c1c(F)c(F)c(F)c(F)c1F. The molecule has 0 nitrogen and oxygen atoms in total. The van der Waals surface area contributed by atoms with Gasteiger partial charge in [-0.05, 0) is 6.07 Å². The average Bonchev–Trinajstić information content (AvgIpc) is 2.72. The lowest BCUT2D eigenvalue weighted by molar-refractivity contribution is 0.379. The van der Waals surface area contributed by atoms with E-state index in [1.165, 1.54) is 6.07 Å². The molecule has 3 rings (SSSR count). The zero-order chi connectivity index (χ0) is 22.7. The van der Waals surface area contributed by atoms with Crippen molar-refractivity contribution in [2.75, 3.05) is 0 Å². The summed E-state index contributed by atoms with van der Waals surface area (Å²) in [6.07, 6.45) is 0. The summed E-state index contributed by atoms with van der Waals surface area (Å²) in [6, 6.07) is 1.30. The van der Waals surface area contributed by atoms with Crippen molar-refractivity contribution in [2.24, 2.45) is 0 Å². The van der Waals surface area contributed by atoms with Gasteiger partial charge in [-0.15, -0.1) is 0 Å². The van der Waals surface area contributed by atoms with Gasteiger partial charge < -0.3 is 0 Å². The van der Waals surface area contributed by atoms with Crippen LogP contribution < -0.4 is 0 Å². The molecule has 0 aromatic heterocycles. The van der Waals surface area contributed by atoms with Crippen LogP contribution in [0.1, 0.15) is 0 Å². The molecule has 157 valence electrons. The van der Waals surface area contributed by atoms with Crippen LogP contribution in [0, 0.1) is 75.9 Å². The molecule has 0 aliphatic heterocycles. The first-order valence-corrected chi connectivity index (χ1v) is 7.35. The van der Waals surface area contributed by atoms with Crippen molar-refractivity contribution >= 4 is 0 Å². The lowest BCUT2D eigenvalue weighted by atomic mass is 9.91. The lowest BCUT2D eigenvalue weighted by Crippen LogP contribution is -2.10. The van der Waals surface area contributed by atoms with E-state index in [2.05, 4.69) is 0 Å².